The summed E-state index contributed by atoms with van der Waals surface area (Å²) in [5.41, 5.74) is 7.66. The van der Waals surface area contributed by atoms with Crippen LogP contribution in [0.15, 0.2) is 41.1 Å². The van der Waals surface area contributed by atoms with E-state index < -0.39 is 5.91 Å². The number of primary amides is 1. The third-order valence-corrected chi connectivity index (χ3v) is 4.24. The summed E-state index contributed by atoms with van der Waals surface area (Å²) in [5.74, 6) is -0.285. The third kappa shape index (κ3) is 4.79. The number of carbonyl (C=O) groups is 2. The molecule has 0 bridgehead atoms. The fourth-order valence-electron chi connectivity index (χ4n) is 2.11. The van der Waals surface area contributed by atoms with E-state index in [1.54, 1.807) is 12.1 Å². The molecule has 22 heavy (non-hydrogen) atoms. The quantitative estimate of drug-likeness (QED) is 0.735. The van der Waals surface area contributed by atoms with Crippen molar-refractivity contribution in [1.29, 1.82) is 0 Å². The van der Waals surface area contributed by atoms with Gasteiger partial charge in [-0.1, -0.05) is 12.1 Å². The smallest absolute Gasteiger partial charge is 0.248 e. The Kier molecular flexibility index (Phi) is 5.86. The largest absolute Gasteiger partial charge is 0.366 e. The number of rotatable bonds is 8. The van der Waals surface area contributed by atoms with E-state index in [1.165, 1.54) is 11.3 Å². The van der Waals surface area contributed by atoms with E-state index in [1.807, 2.05) is 29.0 Å². The Bertz CT molecular complexity index is 621. The first kappa shape index (κ1) is 16.4. The summed E-state index contributed by atoms with van der Waals surface area (Å²) in [4.78, 5) is 22.9. The number of benzene rings is 1. The molecule has 2 rings (SSSR count). The van der Waals surface area contributed by atoms with Gasteiger partial charge in [0.15, 0.2) is 5.78 Å². The minimum absolute atomic E-state index is 0.124. The molecule has 2 aromatic rings. The Labute approximate surface area is 134 Å². The number of Topliss-reactive ketones (excluding diaryl/α,β-unsaturated/α-hetero) is 1. The van der Waals surface area contributed by atoms with Gasteiger partial charge in [0.05, 0.1) is 6.54 Å². The van der Waals surface area contributed by atoms with Gasteiger partial charge in [0.2, 0.25) is 5.91 Å². The maximum atomic E-state index is 11.9. The first-order chi connectivity index (χ1) is 10.6. The van der Waals surface area contributed by atoms with Crippen molar-refractivity contribution in [3.63, 3.8) is 0 Å². The molecule has 1 aromatic carbocycles. The van der Waals surface area contributed by atoms with Crippen LogP contribution in [0, 0.1) is 0 Å². The molecule has 1 aromatic heterocycles. The average molecular weight is 316 g/mol. The number of hydrogen-bond donors (Lipinski definition) is 2. The summed E-state index contributed by atoms with van der Waals surface area (Å²) in [6.07, 6.45) is 1.81. The number of nitrogens with two attached hydrogens (primary N) is 1. The fourth-order valence-corrected chi connectivity index (χ4v) is 2.77. The highest BCUT2D eigenvalue weighted by Gasteiger charge is 2.09. The summed E-state index contributed by atoms with van der Waals surface area (Å²) in [6.45, 7) is 2.43. The first-order valence-electron chi connectivity index (χ1n) is 7.24. The molecule has 0 unspecified atom stereocenters. The number of amides is 1. The highest BCUT2D eigenvalue weighted by Crippen LogP contribution is 2.09. The van der Waals surface area contributed by atoms with Crippen LogP contribution in [-0.2, 0) is 6.42 Å². The van der Waals surface area contributed by atoms with Crippen LogP contribution in [0.5, 0.6) is 0 Å². The molecule has 0 fully saturated rings. The second-order valence-corrected chi connectivity index (χ2v) is 6.10. The molecule has 0 radical (unpaired) electrons. The van der Waals surface area contributed by atoms with Crippen LogP contribution < -0.4 is 11.1 Å². The van der Waals surface area contributed by atoms with Crippen molar-refractivity contribution < 1.29 is 9.59 Å². The number of carbonyl (C=O) groups excluding carboxylic acids is 2. The van der Waals surface area contributed by atoms with Crippen molar-refractivity contribution in [1.82, 2.24) is 5.32 Å². The van der Waals surface area contributed by atoms with Gasteiger partial charge in [-0.2, -0.15) is 11.3 Å². The molecular weight excluding hydrogens is 296 g/mol. The van der Waals surface area contributed by atoms with E-state index in [9.17, 15) is 9.59 Å². The van der Waals surface area contributed by atoms with Gasteiger partial charge in [-0.05, 0) is 48.9 Å². The highest BCUT2D eigenvalue weighted by molar-refractivity contribution is 7.08. The van der Waals surface area contributed by atoms with Gasteiger partial charge >= 0.3 is 0 Å². The Morgan fingerprint density at radius 2 is 1.91 bits per heavy atom. The Morgan fingerprint density at radius 1 is 1.18 bits per heavy atom. The monoisotopic (exact) mass is 316 g/mol. The highest BCUT2D eigenvalue weighted by atomic mass is 32.1. The van der Waals surface area contributed by atoms with Gasteiger partial charge in [-0.25, -0.2) is 0 Å². The van der Waals surface area contributed by atoms with Crippen LogP contribution in [0.4, 0.5) is 0 Å². The number of thiophene rings is 1. The average Bonchev–Trinajstić information content (AvgIpc) is 3.05. The summed E-state index contributed by atoms with van der Waals surface area (Å²) in [5, 5.41) is 7.03. The van der Waals surface area contributed by atoms with Crippen molar-refractivity contribution in [3.8, 4) is 0 Å². The summed E-state index contributed by atoms with van der Waals surface area (Å²) in [7, 11) is 0. The number of ketones is 1. The van der Waals surface area contributed by atoms with Gasteiger partial charge in [0.1, 0.15) is 0 Å². The van der Waals surface area contributed by atoms with Gasteiger partial charge in [-0.3, -0.25) is 9.59 Å². The number of nitrogens with one attached hydrogen (secondary N) is 1. The zero-order chi connectivity index (χ0) is 15.9. The summed E-state index contributed by atoms with van der Waals surface area (Å²) in [6, 6.07) is 9.43. The lowest BCUT2D eigenvalue weighted by molar-refractivity contribution is 0.0984. The summed E-state index contributed by atoms with van der Waals surface area (Å²) < 4.78 is 0. The van der Waals surface area contributed by atoms with E-state index in [0.717, 1.165) is 24.0 Å². The molecule has 0 spiro atoms. The number of aryl methyl sites for hydroxylation is 1. The Hall–Kier alpha value is -1.98. The third-order valence-electron chi connectivity index (χ3n) is 3.56. The van der Waals surface area contributed by atoms with Crippen LogP contribution >= 0.6 is 11.3 Å². The Balaban J connectivity index is 1.74. The molecule has 3 N–H and O–H groups in total. The summed E-state index contributed by atoms with van der Waals surface area (Å²) >= 11 is 1.53. The number of hydrogen-bond acceptors (Lipinski definition) is 4. The second-order valence-electron chi connectivity index (χ2n) is 5.32. The van der Waals surface area contributed by atoms with Crippen molar-refractivity contribution in [2.24, 2.45) is 5.73 Å². The molecule has 116 valence electrons. The predicted molar refractivity (Wildman–Crippen MR) is 89.4 cm³/mol. The normalized spacial score (nSPS) is 12.0. The van der Waals surface area contributed by atoms with E-state index >= 15 is 0 Å². The maximum Gasteiger partial charge on any atom is 0.248 e. The van der Waals surface area contributed by atoms with Crippen molar-refractivity contribution >= 4 is 23.0 Å². The molecule has 1 heterocycles. The second kappa shape index (κ2) is 7.87. The minimum atomic E-state index is -0.409. The predicted octanol–water partition coefficient (Wildman–Crippen LogP) is 2.64. The van der Waals surface area contributed by atoms with Crippen LogP contribution in [0.2, 0.25) is 0 Å². The lowest BCUT2D eigenvalue weighted by atomic mass is 10.0. The molecule has 1 amide bonds. The van der Waals surface area contributed by atoms with Crippen molar-refractivity contribution in [2.75, 3.05) is 6.54 Å². The maximum absolute atomic E-state index is 11.9. The van der Waals surface area contributed by atoms with E-state index in [-0.39, 0.29) is 11.8 Å². The van der Waals surface area contributed by atoms with Gasteiger partial charge in [0.25, 0.3) is 0 Å². The molecule has 0 saturated carbocycles. The fraction of sp³-hybridized carbons (Fsp3) is 0.294. The van der Waals surface area contributed by atoms with Crippen LogP contribution in [0.3, 0.4) is 0 Å². The van der Waals surface area contributed by atoms with E-state index in [0.29, 0.717) is 12.1 Å². The van der Waals surface area contributed by atoms with Crippen LogP contribution in [0.1, 0.15) is 39.6 Å². The van der Waals surface area contributed by atoms with Crippen molar-refractivity contribution in [2.45, 2.75) is 25.8 Å². The lowest BCUT2D eigenvalue weighted by Crippen LogP contribution is -2.31. The molecule has 0 aliphatic rings. The molecule has 1 atom stereocenters. The van der Waals surface area contributed by atoms with Crippen LogP contribution in [0.25, 0.3) is 0 Å². The van der Waals surface area contributed by atoms with Gasteiger partial charge < -0.3 is 11.1 Å². The lowest BCUT2D eigenvalue weighted by Gasteiger charge is -2.13. The Morgan fingerprint density at radius 3 is 2.50 bits per heavy atom. The SMILES string of the molecule is C[C@H](CCc1ccc(C(N)=O)cc1)NCC(=O)c1ccsc1. The first-order valence-corrected chi connectivity index (χ1v) is 8.18. The van der Waals surface area contributed by atoms with Crippen molar-refractivity contribution in [3.05, 3.63) is 57.8 Å². The zero-order valence-electron chi connectivity index (χ0n) is 12.5. The van der Waals surface area contributed by atoms with E-state index in [4.69, 9.17) is 5.73 Å². The van der Waals surface area contributed by atoms with Gasteiger partial charge in [0, 0.05) is 22.5 Å². The van der Waals surface area contributed by atoms with Gasteiger partial charge in [-0.15, -0.1) is 0 Å². The molecule has 0 saturated heterocycles. The standard InChI is InChI=1S/C17H20N2O2S/c1-12(19-10-16(20)15-8-9-22-11-15)2-3-13-4-6-14(7-5-13)17(18)21/h4-9,11-12,19H,2-3,10H2,1H3,(H2,18,21)/t12-/m1/s1. The minimum Gasteiger partial charge on any atom is -0.366 e. The molecule has 4 nitrogen and oxygen atoms in total. The zero-order valence-corrected chi connectivity index (χ0v) is 13.4. The molecule has 0 aliphatic carbocycles. The molecule has 5 heteroatoms. The van der Waals surface area contributed by atoms with Crippen LogP contribution in [-0.4, -0.2) is 24.3 Å². The molecular formula is C17H20N2O2S. The molecule has 0 aliphatic heterocycles. The topological polar surface area (TPSA) is 72.2 Å². The van der Waals surface area contributed by atoms with E-state index in [2.05, 4.69) is 12.2 Å².